The van der Waals surface area contributed by atoms with Crippen molar-refractivity contribution >= 4 is 29.6 Å². The maximum absolute atomic E-state index is 12.6. The van der Waals surface area contributed by atoms with Crippen LogP contribution >= 0.6 is 0 Å². The first-order valence-electron chi connectivity index (χ1n) is 6.62. The van der Waals surface area contributed by atoms with Crippen molar-refractivity contribution in [3.05, 3.63) is 48.1 Å². The van der Waals surface area contributed by atoms with E-state index < -0.39 is 11.9 Å². The average Bonchev–Trinajstić information content (AvgIpc) is 2.55. The van der Waals surface area contributed by atoms with E-state index in [9.17, 15) is 9.59 Å². The first-order valence-corrected chi connectivity index (χ1v) is 6.62. The van der Waals surface area contributed by atoms with Crippen molar-refractivity contribution in [2.45, 2.75) is 0 Å². The third-order valence-corrected chi connectivity index (χ3v) is 3.51. The number of carboxylic acids is 1. The third-order valence-electron chi connectivity index (χ3n) is 3.51. The molecule has 0 spiro atoms. The third kappa shape index (κ3) is 2.24. The number of hydrogen-bond acceptors (Lipinski definition) is 4. The summed E-state index contributed by atoms with van der Waals surface area (Å²) in [7, 11) is 1.53. The Morgan fingerprint density at radius 2 is 2.14 bits per heavy atom. The van der Waals surface area contributed by atoms with E-state index in [2.05, 4.69) is 4.99 Å². The predicted octanol–water partition coefficient (Wildman–Crippen LogP) is 1.55. The van der Waals surface area contributed by atoms with Gasteiger partial charge >= 0.3 is 11.9 Å². The molecule has 2 aliphatic rings. The molecule has 0 radical (unpaired) electrons. The van der Waals surface area contributed by atoms with E-state index in [-0.39, 0.29) is 11.5 Å². The molecule has 1 unspecified atom stereocenters. The summed E-state index contributed by atoms with van der Waals surface area (Å²) in [6, 6.07) is 7.14. The molecule has 22 heavy (non-hydrogen) atoms. The monoisotopic (exact) mass is 297 g/mol. The number of nitrogens with zero attached hydrogens (tertiary/aromatic N) is 2. The number of aliphatic carboxylic acids is 1. The summed E-state index contributed by atoms with van der Waals surface area (Å²) in [6.45, 7) is 0. The molecule has 0 bridgehead atoms. The van der Waals surface area contributed by atoms with Gasteiger partial charge < -0.3 is 9.84 Å². The molecule has 6 nitrogen and oxygen atoms in total. The van der Waals surface area contributed by atoms with Gasteiger partial charge in [0.15, 0.2) is 17.1 Å². The van der Waals surface area contributed by atoms with Crippen molar-refractivity contribution in [3.63, 3.8) is 0 Å². The van der Waals surface area contributed by atoms with Gasteiger partial charge in [-0.2, -0.15) is 4.58 Å². The predicted molar refractivity (Wildman–Crippen MR) is 79.8 cm³/mol. The summed E-state index contributed by atoms with van der Waals surface area (Å²) >= 11 is 0. The minimum absolute atomic E-state index is 0.113. The second-order valence-electron chi connectivity index (χ2n) is 4.79. The lowest BCUT2D eigenvalue weighted by atomic mass is 9.92. The van der Waals surface area contributed by atoms with Gasteiger partial charge in [0.2, 0.25) is 0 Å². The molecular formula is C16H13N2O4+. The summed E-state index contributed by atoms with van der Waals surface area (Å²) in [5.41, 5.74) is 1.14. The number of benzene rings is 1. The van der Waals surface area contributed by atoms with Gasteiger partial charge in [-0.1, -0.05) is 29.3 Å². The summed E-state index contributed by atoms with van der Waals surface area (Å²) in [5, 5.41) is 9.00. The van der Waals surface area contributed by atoms with E-state index in [1.165, 1.54) is 30.2 Å². The fraction of sp³-hybridized carbons (Fsp3) is 0.125. The topological polar surface area (TPSA) is 79.0 Å². The number of fused-ring (bicyclic) bond motifs is 1. The number of hydrogen-bond donors (Lipinski definition) is 1. The number of carbonyl (C=O) groups excluding carboxylic acids is 1. The summed E-state index contributed by atoms with van der Waals surface area (Å²) in [4.78, 5) is 27.8. The van der Waals surface area contributed by atoms with E-state index in [1.54, 1.807) is 24.3 Å². The van der Waals surface area contributed by atoms with Crippen molar-refractivity contribution in [2.24, 2.45) is 10.9 Å². The molecule has 0 aromatic heterocycles. The highest BCUT2D eigenvalue weighted by atomic mass is 16.5. The molecule has 110 valence electrons. The van der Waals surface area contributed by atoms with Crippen LogP contribution in [0.2, 0.25) is 0 Å². The maximum atomic E-state index is 12.6. The Kier molecular flexibility index (Phi) is 3.42. The largest absolute Gasteiger partial charge is 0.492 e. The zero-order valence-corrected chi connectivity index (χ0v) is 11.8. The molecule has 1 aliphatic heterocycles. The van der Waals surface area contributed by atoms with Crippen molar-refractivity contribution in [3.8, 4) is 5.75 Å². The highest BCUT2D eigenvalue weighted by Crippen LogP contribution is 2.29. The lowest BCUT2D eigenvalue weighted by Gasteiger charge is -2.17. The molecule has 6 heteroatoms. The van der Waals surface area contributed by atoms with Crippen LogP contribution in [0.5, 0.6) is 5.75 Å². The van der Waals surface area contributed by atoms with Crippen LogP contribution in [0.3, 0.4) is 0 Å². The molecule has 1 N–H and O–H groups in total. The van der Waals surface area contributed by atoms with Gasteiger partial charge in [0.1, 0.15) is 5.92 Å². The fourth-order valence-corrected chi connectivity index (χ4v) is 2.40. The van der Waals surface area contributed by atoms with Gasteiger partial charge in [0.25, 0.3) is 6.34 Å². The minimum Gasteiger partial charge on any atom is -0.492 e. The SMILES string of the molecule is COc1ccccc1[N+]1=CN=C2C=C(C(=O)O)C=CC2C1=O. The number of ether oxygens (including phenoxy) is 1. The Balaban J connectivity index is 2.05. The quantitative estimate of drug-likeness (QED) is 0.858. The number of carboxylic acid groups (broad SMARTS) is 1. The normalized spacial score (nSPS) is 19.8. The van der Waals surface area contributed by atoms with Gasteiger partial charge in [0.05, 0.1) is 12.7 Å². The van der Waals surface area contributed by atoms with Crippen LogP contribution in [0, 0.1) is 5.92 Å². The van der Waals surface area contributed by atoms with Crippen molar-refractivity contribution < 1.29 is 24.0 Å². The highest BCUT2D eigenvalue weighted by molar-refractivity contribution is 6.17. The number of allylic oxidation sites excluding steroid dienone is 1. The Hall–Kier alpha value is -3.02. The number of aliphatic imine (C=N–C) groups is 1. The van der Waals surface area contributed by atoms with Gasteiger partial charge in [-0.25, -0.2) is 9.59 Å². The Labute approximate surface area is 126 Å². The second kappa shape index (κ2) is 5.40. The Bertz CT molecular complexity index is 787. The molecule has 1 heterocycles. The number of rotatable bonds is 3. The van der Waals surface area contributed by atoms with Crippen molar-refractivity contribution in [2.75, 3.05) is 7.11 Å². The standard InChI is InChI=1S/C16H12N2O4/c1-22-14-5-3-2-4-13(14)18-9-17-12-8-10(16(20)21)6-7-11(12)15(18)19/h2-9,11H,1H3/p+1. The zero-order valence-electron chi connectivity index (χ0n) is 11.8. The molecule has 0 fully saturated rings. The molecule has 3 rings (SSSR count). The Morgan fingerprint density at radius 3 is 2.86 bits per heavy atom. The zero-order chi connectivity index (χ0) is 15.7. The first kappa shape index (κ1) is 13.9. The lowest BCUT2D eigenvalue weighted by molar-refractivity contribution is -0.367. The van der Waals surface area contributed by atoms with Crippen LogP contribution in [-0.2, 0) is 9.59 Å². The second-order valence-corrected chi connectivity index (χ2v) is 4.79. The first-order chi connectivity index (χ1) is 10.6. The average molecular weight is 297 g/mol. The summed E-state index contributed by atoms with van der Waals surface area (Å²) < 4.78 is 6.68. The van der Waals surface area contributed by atoms with Gasteiger partial charge in [-0.15, -0.1) is 0 Å². The molecular weight excluding hydrogens is 284 g/mol. The van der Waals surface area contributed by atoms with Crippen LogP contribution < -0.4 is 4.74 Å². The van der Waals surface area contributed by atoms with Crippen molar-refractivity contribution in [1.29, 1.82) is 0 Å². The maximum Gasteiger partial charge on any atom is 0.335 e. The van der Waals surface area contributed by atoms with Gasteiger partial charge in [-0.05, 0) is 12.1 Å². The molecule has 1 aliphatic carbocycles. The summed E-state index contributed by atoms with van der Waals surface area (Å²) in [5.74, 6) is -1.27. The molecule has 1 amide bonds. The number of methoxy groups -OCH3 is 1. The molecule has 1 atom stereocenters. The van der Waals surface area contributed by atoms with Gasteiger partial charge in [0, 0.05) is 6.08 Å². The smallest absolute Gasteiger partial charge is 0.335 e. The molecule has 0 saturated carbocycles. The highest BCUT2D eigenvalue weighted by Gasteiger charge is 2.37. The van der Waals surface area contributed by atoms with Crippen LogP contribution in [-0.4, -0.2) is 40.7 Å². The van der Waals surface area contributed by atoms with Gasteiger partial charge in [-0.3, -0.25) is 0 Å². The van der Waals surface area contributed by atoms with Crippen LogP contribution in [0.15, 0.2) is 53.1 Å². The molecule has 0 saturated heterocycles. The molecule has 1 aromatic rings. The minimum atomic E-state index is -1.04. The van der Waals surface area contributed by atoms with E-state index in [4.69, 9.17) is 9.84 Å². The Morgan fingerprint density at radius 1 is 1.36 bits per heavy atom. The number of para-hydroxylation sites is 2. The number of amides is 1. The van der Waals surface area contributed by atoms with Crippen LogP contribution in [0.1, 0.15) is 0 Å². The van der Waals surface area contributed by atoms with E-state index in [0.29, 0.717) is 17.1 Å². The van der Waals surface area contributed by atoms with E-state index >= 15 is 0 Å². The summed E-state index contributed by atoms with van der Waals surface area (Å²) in [6.07, 6.45) is 5.79. The van der Waals surface area contributed by atoms with E-state index in [0.717, 1.165) is 0 Å². The van der Waals surface area contributed by atoms with Crippen molar-refractivity contribution in [1.82, 2.24) is 0 Å². The molecule has 1 aromatic carbocycles. The van der Waals surface area contributed by atoms with Crippen LogP contribution in [0.4, 0.5) is 5.69 Å². The fourth-order valence-electron chi connectivity index (χ4n) is 2.40. The lowest BCUT2D eigenvalue weighted by Crippen LogP contribution is -2.35. The van der Waals surface area contributed by atoms with Crippen LogP contribution in [0.25, 0.3) is 0 Å². The number of carbonyl (C=O) groups is 2. The van der Waals surface area contributed by atoms with E-state index in [1.807, 2.05) is 6.07 Å².